The molecule has 2 nitrogen and oxygen atoms in total. The summed E-state index contributed by atoms with van der Waals surface area (Å²) in [5, 5.41) is 10.6. The van der Waals surface area contributed by atoms with Crippen LogP contribution in [0, 0.1) is 34.5 Å². The second-order valence-corrected chi connectivity index (χ2v) is 8.97. The molecule has 0 bridgehead atoms. The molecule has 118 valence electrons. The molecule has 21 heavy (non-hydrogen) atoms. The molecule has 1 N–H and O–H groups in total. The largest absolute Gasteiger partial charge is 0.392 e. The summed E-state index contributed by atoms with van der Waals surface area (Å²) in [5.74, 6) is 2.86. The van der Waals surface area contributed by atoms with Gasteiger partial charge in [-0.15, -0.1) is 0 Å². The number of carbonyl (C=O) groups excluding carboxylic acids is 1. The Labute approximate surface area is 128 Å². The SMILES string of the molecule is C[C@]12CCCC[C@@H]1CC[C@@H]1[C@@H]3[C@@H](O)CC(=O)[C@@]3(C)CC[C@H]12. The van der Waals surface area contributed by atoms with Crippen molar-refractivity contribution < 1.29 is 9.90 Å². The molecule has 0 saturated heterocycles. The number of rotatable bonds is 0. The minimum atomic E-state index is -0.362. The molecule has 4 aliphatic carbocycles. The van der Waals surface area contributed by atoms with Gasteiger partial charge in [-0.1, -0.05) is 26.7 Å². The lowest BCUT2D eigenvalue weighted by Gasteiger charge is -2.59. The van der Waals surface area contributed by atoms with Gasteiger partial charge in [0.05, 0.1) is 6.10 Å². The number of carbonyl (C=O) groups is 1. The molecule has 7 atom stereocenters. The van der Waals surface area contributed by atoms with Crippen molar-refractivity contribution in [1.82, 2.24) is 0 Å². The third-order valence-electron chi connectivity index (χ3n) is 8.28. The molecular weight excluding hydrogens is 260 g/mol. The smallest absolute Gasteiger partial charge is 0.141 e. The lowest BCUT2D eigenvalue weighted by Crippen LogP contribution is -2.54. The summed E-state index contributed by atoms with van der Waals surface area (Å²) in [5.41, 5.74) is 0.284. The van der Waals surface area contributed by atoms with Crippen molar-refractivity contribution in [3.63, 3.8) is 0 Å². The minimum absolute atomic E-state index is 0.210. The highest BCUT2D eigenvalue weighted by atomic mass is 16.3. The first-order chi connectivity index (χ1) is 9.97. The number of ketones is 1. The van der Waals surface area contributed by atoms with E-state index in [0.717, 1.165) is 18.3 Å². The number of aliphatic hydroxyl groups excluding tert-OH is 1. The van der Waals surface area contributed by atoms with Crippen molar-refractivity contribution in [2.24, 2.45) is 34.5 Å². The van der Waals surface area contributed by atoms with E-state index in [0.29, 0.717) is 23.5 Å². The molecule has 0 aromatic rings. The molecule has 4 rings (SSSR count). The van der Waals surface area contributed by atoms with E-state index in [1.54, 1.807) is 0 Å². The molecule has 2 heteroatoms. The van der Waals surface area contributed by atoms with Gasteiger partial charge in [0.2, 0.25) is 0 Å². The van der Waals surface area contributed by atoms with Gasteiger partial charge in [0.25, 0.3) is 0 Å². The Morgan fingerprint density at radius 1 is 1.05 bits per heavy atom. The summed E-state index contributed by atoms with van der Waals surface area (Å²) in [6.45, 7) is 4.70. The predicted molar refractivity (Wildman–Crippen MR) is 82.7 cm³/mol. The van der Waals surface area contributed by atoms with Gasteiger partial charge in [-0.25, -0.2) is 0 Å². The number of fused-ring (bicyclic) bond motifs is 5. The van der Waals surface area contributed by atoms with E-state index in [2.05, 4.69) is 13.8 Å². The monoisotopic (exact) mass is 290 g/mol. The Bertz CT molecular complexity index is 458. The van der Waals surface area contributed by atoms with E-state index in [1.807, 2.05) is 0 Å². The molecular formula is C19H30O2. The van der Waals surface area contributed by atoms with Crippen LogP contribution in [0.3, 0.4) is 0 Å². The summed E-state index contributed by atoms with van der Waals surface area (Å²) >= 11 is 0. The van der Waals surface area contributed by atoms with Crippen molar-refractivity contribution >= 4 is 5.78 Å². The molecule has 0 radical (unpaired) electrons. The summed E-state index contributed by atoms with van der Waals surface area (Å²) in [6, 6.07) is 0. The van der Waals surface area contributed by atoms with Crippen molar-refractivity contribution in [3.05, 3.63) is 0 Å². The zero-order chi connectivity index (χ0) is 14.8. The zero-order valence-corrected chi connectivity index (χ0v) is 13.6. The first kappa shape index (κ1) is 14.2. The van der Waals surface area contributed by atoms with Gasteiger partial charge < -0.3 is 5.11 Å². The highest BCUT2D eigenvalue weighted by molar-refractivity contribution is 5.88. The van der Waals surface area contributed by atoms with E-state index in [9.17, 15) is 9.90 Å². The van der Waals surface area contributed by atoms with Crippen LogP contribution in [0.25, 0.3) is 0 Å². The molecule has 0 spiro atoms. The number of Topliss-reactive ketones (excluding diaryl/α,β-unsaturated/α-hetero) is 1. The Morgan fingerprint density at radius 2 is 1.86 bits per heavy atom. The van der Waals surface area contributed by atoms with Crippen LogP contribution in [0.2, 0.25) is 0 Å². The third kappa shape index (κ3) is 1.77. The fourth-order valence-electron chi connectivity index (χ4n) is 7.13. The van der Waals surface area contributed by atoms with Gasteiger partial charge in [0.15, 0.2) is 0 Å². The van der Waals surface area contributed by atoms with Crippen LogP contribution in [-0.2, 0) is 4.79 Å². The first-order valence-electron chi connectivity index (χ1n) is 9.18. The normalized spacial score (nSPS) is 56.5. The molecule has 0 unspecified atom stereocenters. The van der Waals surface area contributed by atoms with Crippen molar-refractivity contribution in [3.8, 4) is 0 Å². The fraction of sp³-hybridized carbons (Fsp3) is 0.947. The Hall–Kier alpha value is -0.370. The molecule has 0 aliphatic heterocycles. The first-order valence-corrected chi connectivity index (χ1v) is 9.18. The van der Waals surface area contributed by atoms with Gasteiger partial charge >= 0.3 is 0 Å². The molecule has 4 saturated carbocycles. The average molecular weight is 290 g/mol. The quantitative estimate of drug-likeness (QED) is 0.733. The van der Waals surface area contributed by atoms with Gasteiger partial charge in [0.1, 0.15) is 5.78 Å². The molecule has 0 aromatic heterocycles. The molecule has 0 amide bonds. The minimum Gasteiger partial charge on any atom is -0.392 e. The van der Waals surface area contributed by atoms with Gasteiger partial charge in [0, 0.05) is 17.8 Å². The fourth-order valence-corrected chi connectivity index (χ4v) is 7.13. The highest BCUT2D eigenvalue weighted by Crippen LogP contribution is 2.65. The lowest BCUT2D eigenvalue weighted by molar-refractivity contribution is -0.143. The lowest BCUT2D eigenvalue weighted by atomic mass is 9.45. The average Bonchev–Trinajstić information content (AvgIpc) is 2.68. The van der Waals surface area contributed by atoms with Crippen LogP contribution in [0.5, 0.6) is 0 Å². The maximum atomic E-state index is 12.4. The molecule has 0 heterocycles. The number of hydrogen-bond acceptors (Lipinski definition) is 2. The molecule has 0 aromatic carbocycles. The van der Waals surface area contributed by atoms with E-state index >= 15 is 0 Å². The predicted octanol–water partition coefficient (Wildman–Crippen LogP) is 3.96. The standard InChI is InChI=1S/C19H30O2/c1-18-9-4-3-5-12(18)6-7-13-14(18)8-10-19(2)16(21)11-15(20)17(13)19/h12-15,17,20H,3-11H2,1-2H3/t12-,13+,14-,15+,17-,18+,19-/m1/s1. The van der Waals surface area contributed by atoms with Crippen LogP contribution in [0.1, 0.15) is 71.6 Å². The van der Waals surface area contributed by atoms with E-state index in [4.69, 9.17) is 0 Å². The van der Waals surface area contributed by atoms with Gasteiger partial charge in [-0.2, -0.15) is 0 Å². The highest BCUT2D eigenvalue weighted by Gasteiger charge is 2.62. The second kappa shape index (κ2) is 4.57. The van der Waals surface area contributed by atoms with Crippen LogP contribution < -0.4 is 0 Å². The van der Waals surface area contributed by atoms with Crippen molar-refractivity contribution in [2.75, 3.05) is 0 Å². The second-order valence-electron chi connectivity index (χ2n) is 8.97. The summed E-state index contributed by atoms with van der Waals surface area (Å²) in [7, 11) is 0. The molecule has 4 fully saturated rings. The van der Waals surface area contributed by atoms with Crippen LogP contribution >= 0.6 is 0 Å². The summed E-state index contributed by atoms with van der Waals surface area (Å²) < 4.78 is 0. The van der Waals surface area contributed by atoms with Crippen LogP contribution in [-0.4, -0.2) is 17.0 Å². The van der Waals surface area contributed by atoms with E-state index in [-0.39, 0.29) is 17.4 Å². The number of aliphatic hydroxyl groups is 1. The summed E-state index contributed by atoms with van der Waals surface area (Å²) in [6.07, 6.45) is 10.5. The van der Waals surface area contributed by atoms with Crippen molar-refractivity contribution in [2.45, 2.75) is 77.7 Å². The van der Waals surface area contributed by atoms with Crippen LogP contribution in [0.4, 0.5) is 0 Å². The summed E-state index contributed by atoms with van der Waals surface area (Å²) in [4.78, 5) is 12.4. The van der Waals surface area contributed by atoms with E-state index < -0.39 is 0 Å². The Balaban J connectivity index is 1.69. The molecule has 4 aliphatic rings. The van der Waals surface area contributed by atoms with Gasteiger partial charge in [-0.05, 0) is 61.7 Å². The van der Waals surface area contributed by atoms with Gasteiger partial charge in [-0.3, -0.25) is 4.79 Å². The van der Waals surface area contributed by atoms with Crippen molar-refractivity contribution in [1.29, 1.82) is 0 Å². The zero-order valence-electron chi connectivity index (χ0n) is 13.6. The van der Waals surface area contributed by atoms with Crippen LogP contribution in [0.15, 0.2) is 0 Å². The maximum absolute atomic E-state index is 12.4. The Morgan fingerprint density at radius 3 is 2.67 bits per heavy atom. The number of hydrogen-bond donors (Lipinski definition) is 1. The Kier molecular flexibility index (Phi) is 3.10. The van der Waals surface area contributed by atoms with E-state index in [1.165, 1.54) is 44.9 Å². The maximum Gasteiger partial charge on any atom is 0.141 e. The topological polar surface area (TPSA) is 37.3 Å². The third-order valence-corrected chi connectivity index (χ3v) is 8.28.